The predicted octanol–water partition coefficient (Wildman–Crippen LogP) is 2.90. The van der Waals surface area contributed by atoms with E-state index < -0.39 is 5.60 Å². The van der Waals surface area contributed by atoms with Gasteiger partial charge in [0.25, 0.3) is 0 Å². The normalized spacial score (nSPS) is 24.3. The van der Waals surface area contributed by atoms with Crippen molar-refractivity contribution in [3.63, 3.8) is 0 Å². The molecule has 1 aliphatic rings. The van der Waals surface area contributed by atoms with Crippen LogP contribution in [0.15, 0.2) is 18.2 Å². The number of methoxy groups -OCH3 is 1. The molecule has 0 spiro atoms. The summed E-state index contributed by atoms with van der Waals surface area (Å²) in [6, 6.07) is 5.33. The molecule has 1 aliphatic heterocycles. The Hall–Kier alpha value is -1.22. The molecule has 0 aliphatic carbocycles. The highest BCUT2D eigenvalue weighted by Crippen LogP contribution is 2.41. The number of esters is 1. The van der Waals surface area contributed by atoms with Crippen molar-refractivity contribution in [3.05, 3.63) is 28.8 Å². The Kier molecular flexibility index (Phi) is 2.80. The molecule has 0 aromatic heterocycles. The fourth-order valence-corrected chi connectivity index (χ4v) is 2.15. The summed E-state index contributed by atoms with van der Waals surface area (Å²) in [5, 5.41) is 0.611. The van der Waals surface area contributed by atoms with E-state index in [0.29, 0.717) is 23.6 Å². The van der Waals surface area contributed by atoms with Crippen LogP contribution in [0.1, 0.15) is 25.3 Å². The molecule has 1 unspecified atom stereocenters. The van der Waals surface area contributed by atoms with E-state index in [4.69, 9.17) is 21.1 Å². The first-order valence-corrected chi connectivity index (χ1v) is 5.49. The van der Waals surface area contributed by atoms with Crippen LogP contribution in [-0.4, -0.2) is 13.1 Å². The molecule has 0 N–H and O–H groups in total. The van der Waals surface area contributed by atoms with Gasteiger partial charge in [0.1, 0.15) is 11.4 Å². The zero-order chi connectivity index (χ0) is 11.8. The van der Waals surface area contributed by atoms with Crippen LogP contribution < -0.4 is 4.74 Å². The third-order valence-electron chi connectivity index (χ3n) is 2.88. The lowest BCUT2D eigenvalue weighted by Gasteiger charge is -2.25. The molecular weight excluding hydrogens is 228 g/mol. The smallest absolute Gasteiger partial charge is 0.306 e. The van der Waals surface area contributed by atoms with Crippen LogP contribution >= 0.6 is 11.6 Å². The van der Waals surface area contributed by atoms with Crippen molar-refractivity contribution in [2.75, 3.05) is 7.11 Å². The molecule has 0 radical (unpaired) electrons. The minimum atomic E-state index is -0.618. The molecule has 1 heterocycles. The SMILES string of the molecule is COc1ccc(Cl)cc1C1(C)CCC(=O)O1. The van der Waals surface area contributed by atoms with E-state index in [9.17, 15) is 4.79 Å². The minimum Gasteiger partial charge on any atom is -0.496 e. The molecule has 1 fully saturated rings. The quantitative estimate of drug-likeness (QED) is 0.746. The standard InChI is InChI=1S/C12H13ClO3/c1-12(6-5-11(14)16-12)9-7-8(13)3-4-10(9)15-2/h3-4,7H,5-6H2,1-2H3. The van der Waals surface area contributed by atoms with E-state index >= 15 is 0 Å². The van der Waals surface area contributed by atoms with Crippen LogP contribution in [0.3, 0.4) is 0 Å². The lowest BCUT2D eigenvalue weighted by atomic mass is 9.92. The number of carbonyl (C=O) groups is 1. The number of ether oxygens (including phenoxy) is 2. The number of carbonyl (C=O) groups excluding carboxylic acids is 1. The third kappa shape index (κ3) is 1.87. The van der Waals surface area contributed by atoms with Crippen molar-refractivity contribution < 1.29 is 14.3 Å². The van der Waals surface area contributed by atoms with Gasteiger partial charge in [0.05, 0.1) is 7.11 Å². The fourth-order valence-electron chi connectivity index (χ4n) is 1.98. The number of hydrogen-bond acceptors (Lipinski definition) is 3. The molecule has 1 aromatic rings. The highest BCUT2D eigenvalue weighted by molar-refractivity contribution is 6.30. The summed E-state index contributed by atoms with van der Waals surface area (Å²) in [5.41, 5.74) is 0.209. The summed E-state index contributed by atoms with van der Waals surface area (Å²) in [7, 11) is 1.59. The van der Waals surface area contributed by atoms with Crippen molar-refractivity contribution >= 4 is 17.6 Å². The van der Waals surface area contributed by atoms with Gasteiger partial charge in [-0.3, -0.25) is 4.79 Å². The van der Waals surface area contributed by atoms with Crippen molar-refractivity contribution in [1.29, 1.82) is 0 Å². The van der Waals surface area contributed by atoms with E-state index in [1.165, 1.54) is 0 Å². The molecule has 1 aromatic carbocycles. The molecule has 86 valence electrons. The van der Waals surface area contributed by atoms with Crippen LogP contribution in [-0.2, 0) is 15.1 Å². The zero-order valence-corrected chi connectivity index (χ0v) is 10.0. The summed E-state index contributed by atoms with van der Waals surface area (Å²) >= 11 is 5.95. The molecule has 1 atom stereocenters. The second-order valence-corrected chi connectivity index (χ2v) is 4.49. The van der Waals surface area contributed by atoms with Crippen LogP contribution in [0.4, 0.5) is 0 Å². The maximum absolute atomic E-state index is 11.2. The number of rotatable bonds is 2. The molecule has 1 saturated heterocycles. The van der Waals surface area contributed by atoms with Gasteiger partial charge in [-0.25, -0.2) is 0 Å². The van der Waals surface area contributed by atoms with Crippen LogP contribution in [0.2, 0.25) is 5.02 Å². The largest absolute Gasteiger partial charge is 0.496 e. The number of halogens is 1. The molecule has 2 rings (SSSR count). The molecule has 0 amide bonds. The highest BCUT2D eigenvalue weighted by Gasteiger charge is 2.39. The topological polar surface area (TPSA) is 35.5 Å². The van der Waals surface area contributed by atoms with Crippen LogP contribution in [0.25, 0.3) is 0 Å². The van der Waals surface area contributed by atoms with Gasteiger partial charge in [0.2, 0.25) is 0 Å². The summed E-state index contributed by atoms with van der Waals surface area (Å²) in [6.45, 7) is 1.88. The Bertz CT molecular complexity index is 430. The highest BCUT2D eigenvalue weighted by atomic mass is 35.5. The van der Waals surface area contributed by atoms with Gasteiger partial charge >= 0.3 is 5.97 Å². The molecule has 0 saturated carbocycles. The fraction of sp³-hybridized carbons (Fsp3) is 0.417. The summed E-state index contributed by atoms with van der Waals surface area (Å²) in [6.07, 6.45) is 1.09. The molecule has 3 nitrogen and oxygen atoms in total. The van der Waals surface area contributed by atoms with Crippen LogP contribution in [0.5, 0.6) is 5.75 Å². The zero-order valence-electron chi connectivity index (χ0n) is 9.25. The molecular formula is C12H13ClO3. The Morgan fingerprint density at radius 2 is 2.25 bits per heavy atom. The van der Waals surface area contributed by atoms with Gasteiger partial charge in [0.15, 0.2) is 0 Å². The third-order valence-corrected chi connectivity index (χ3v) is 3.11. The second-order valence-electron chi connectivity index (χ2n) is 4.05. The van der Waals surface area contributed by atoms with Gasteiger partial charge in [-0.2, -0.15) is 0 Å². The van der Waals surface area contributed by atoms with Crippen molar-refractivity contribution in [1.82, 2.24) is 0 Å². The average Bonchev–Trinajstić information content (AvgIpc) is 2.60. The van der Waals surface area contributed by atoms with E-state index in [1.54, 1.807) is 25.3 Å². The molecule has 0 bridgehead atoms. The van der Waals surface area contributed by atoms with Crippen molar-refractivity contribution in [2.24, 2.45) is 0 Å². The Morgan fingerprint density at radius 3 is 2.81 bits per heavy atom. The number of cyclic esters (lactones) is 1. The first kappa shape index (κ1) is 11.3. The predicted molar refractivity (Wildman–Crippen MR) is 60.7 cm³/mol. The first-order chi connectivity index (χ1) is 7.55. The maximum Gasteiger partial charge on any atom is 0.306 e. The van der Waals surface area contributed by atoms with Gasteiger partial charge in [-0.05, 0) is 25.1 Å². The van der Waals surface area contributed by atoms with Gasteiger partial charge in [-0.1, -0.05) is 11.6 Å². The van der Waals surface area contributed by atoms with E-state index in [1.807, 2.05) is 6.92 Å². The molecule has 16 heavy (non-hydrogen) atoms. The van der Waals surface area contributed by atoms with Crippen molar-refractivity contribution in [3.8, 4) is 5.75 Å². The van der Waals surface area contributed by atoms with Gasteiger partial charge in [-0.15, -0.1) is 0 Å². The second kappa shape index (κ2) is 3.98. The summed E-state index contributed by atoms with van der Waals surface area (Å²) in [4.78, 5) is 11.2. The average molecular weight is 241 g/mol. The van der Waals surface area contributed by atoms with E-state index in [-0.39, 0.29) is 5.97 Å². The monoisotopic (exact) mass is 240 g/mol. The lowest BCUT2D eigenvalue weighted by molar-refractivity contribution is -0.147. The minimum absolute atomic E-state index is 0.176. The van der Waals surface area contributed by atoms with Crippen LogP contribution in [0, 0.1) is 0 Å². The van der Waals surface area contributed by atoms with E-state index in [0.717, 1.165) is 5.56 Å². The van der Waals surface area contributed by atoms with Gasteiger partial charge < -0.3 is 9.47 Å². The Labute approximate surface area is 99.3 Å². The Morgan fingerprint density at radius 1 is 1.50 bits per heavy atom. The summed E-state index contributed by atoms with van der Waals surface area (Å²) in [5.74, 6) is 0.520. The summed E-state index contributed by atoms with van der Waals surface area (Å²) < 4.78 is 10.6. The number of hydrogen-bond donors (Lipinski definition) is 0. The van der Waals surface area contributed by atoms with Gasteiger partial charge in [0, 0.05) is 23.4 Å². The number of benzene rings is 1. The molecule has 4 heteroatoms. The lowest BCUT2D eigenvalue weighted by Crippen LogP contribution is -2.21. The first-order valence-electron chi connectivity index (χ1n) is 5.11. The maximum atomic E-state index is 11.2. The Balaban J connectivity index is 2.46. The van der Waals surface area contributed by atoms with E-state index in [2.05, 4.69) is 0 Å². The van der Waals surface area contributed by atoms with Crippen molar-refractivity contribution in [2.45, 2.75) is 25.4 Å².